The Labute approximate surface area is 124 Å². The molecule has 1 rings (SSSR count). The van der Waals surface area contributed by atoms with E-state index >= 15 is 0 Å². The summed E-state index contributed by atoms with van der Waals surface area (Å²) < 4.78 is 5.24. The Bertz CT molecular complexity index is 375. The van der Waals surface area contributed by atoms with Crippen molar-refractivity contribution in [2.75, 3.05) is 20.3 Å². The van der Waals surface area contributed by atoms with E-state index in [2.05, 4.69) is 57.3 Å². The van der Waals surface area contributed by atoms with Crippen molar-refractivity contribution in [3.05, 3.63) is 35.4 Å². The molecule has 0 amide bonds. The first-order valence-corrected chi connectivity index (χ1v) is 7.80. The lowest BCUT2D eigenvalue weighted by Crippen LogP contribution is -2.33. The van der Waals surface area contributed by atoms with Gasteiger partial charge in [-0.2, -0.15) is 0 Å². The van der Waals surface area contributed by atoms with Crippen LogP contribution < -0.4 is 5.32 Å². The summed E-state index contributed by atoms with van der Waals surface area (Å²) in [6, 6.07) is 9.44. The number of benzene rings is 1. The zero-order valence-corrected chi connectivity index (χ0v) is 13.8. The molecule has 2 heteroatoms. The van der Waals surface area contributed by atoms with E-state index in [0.29, 0.717) is 17.9 Å². The van der Waals surface area contributed by atoms with E-state index in [1.165, 1.54) is 11.1 Å². The summed E-state index contributed by atoms with van der Waals surface area (Å²) in [6.07, 6.45) is 2.28. The lowest BCUT2D eigenvalue weighted by Gasteiger charge is -2.25. The first kappa shape index (κ1) is 17.2. The largest absolute Gasteiger partial charge is 0.385 e. The molecule has 0 aromatic heterocycles. The van der Waals surface area contributed by atoms with Crippen molar-refractivity contribution >= 4 is 0 Å². The third kappa shape index (κ3) is 6.53. The van der Waals surface area contributed by atoms with Gasteiger partial charge in [-0.3, -0.25) is 0 Å². The average molecular weight is 277 g/mol. The molecule has 0 aliphatic rings. The highest BCUT2D eigenvalue weighted by atomic mass is 16.5. The monoisotopic (exact) mass is 277 g/mol. The van der Waals surface area contributed by atoms with Crippen LogP contribution in [-0.2, 0) is 11.2 Å². The Balaban J connectivity index is 2.65. The van der Waals surface area contributed by atoms with Crippen LogP contribution in [0.3, 0.4) is 0 Å². The molecule has 1 aromatic carbocycles. The molecule has 0 spiro atoms. The molecule has 0 saturated carbocycles. The van der Waals surface area contributed by atoms with E-state index in [-0.39, 0.29) is 0 Å². The fourth-order valence-electron chi connectivity index (χ4n) is 2.54. The molecule has 0 heterocycles. The maximum Gasteiger partial charge on any atom is 0.0464 e. The third-order valence-electron chi connectivity index (χ3n) is 3.95. The van der Waals surface area contributed by atoms with Crippen molar-refractivity contribution in [2.24, 2.45) is 11.8 Å². The van der Waals surface area contributed by atoms with Crippen LogP contribution in [0.2, 0.25) is 0 Å². The Morgan fingerprint density at radius 2 is 1.95 bits per heavy atom. The third-order valence-corrected chi connectivity index (χ3v) is 3.95. The fraction of sp³-hybridized carbons (Fsp3) is 0.667. The van der Waals surface area contributed by atoms with Crippen molar-refractivity contribution < 1.29 is 4.74 Å². The lowest BCUT2D eigenvalue weighted by molar-refractivity contribution is 0.163. The minimum Gasteiger partial charge on any atom is -0.385 e. The van der Waals surface area contributed by atoms with Crippen LogP contribution in [0.5, 0.6) is 0 Å². The average Bonchev–Trinajstić information content (AvgIpc) is 2.40. The molecule has 0 radical (unpaired) electrons. The number of nitrogens with one attached hydrogen (secondary N) is 1. The van der Waals surface area contributed by atoms with Gasteiger partial charge >= 0.3 is 0 Å². The van der Waals surface area contributed by atoms with Gasteiger partial charge in [0.1, 0.15) is 0 Å². The van der Waals surface area contributed by atoms with Crippen LogP contribution in [0.25, 0.3) is 0 Å². The maximum absolute atomic E-state index is 5.24. The fourth-order valence-corrected chi connectivity index (χ4v) is 2.54. The highest BCUT2D eigenvalue weighted by Crippen LogP contribution is 2.21. The number of methoxy groups -OCH3 is 1. The first-order chi connectivity index (χ1) is 9.52. The summed E-state index contributed by atoms with van der Waals surface area (Å²) in [5.74, 6) is 1.33. The van der Waals surface area contributed by atoms with E-state index < -0.39 is 0 Å². The normalized spacial score (nSPS) is 14.5. The molecule has 0 fully saturated rings. The standard InChI is InChI=1S/C18H31NO/c1-14(2)19-13-18(16(4)9-10-20-5)12-17-8-6-7-15(3)11-17/h6-8,11,14,16,18-19H,9-10,12-13H2,1-5H3. The zero-order chi connectivity index (χ0) is 15.0. The van der Waals surface area contributed by atoms with Crippen LogP contribution >= 0.6 is 0 Å². The molecule has 0 aliphatic carbocycles. The Hall–Kier alpha value is -0.860. The van der Waals surface area contributed by atoms with Gasteiger partial charge in [0.25, 0.3) is 0 Å². The van der Waals surface area contributed by atoms with Gasteiger partial charge in [0, 0.05) is 19.8 Å². The van der Waals surface area contributed by atoms with Crippen molar-refractivity contribution in [1.29, 1.82) is 0 Å². The van der Waals surface area contributed by atoms with Gasteiger partial charge in [-0.15, -0.1) is 0 Å². The maximum atomic E-state index is 5.24. The molecule has 114 valence electrons. The summed E-state index contributed by atoms with van der Waals surface area (Å²) in [5, 5.41) is 3.60. The molecule has 20 heavy (non-hydrogen) atoms. The van der Waals surface area contributed by atoms with Crippen molar-refractivity contribution in [3.63, 3.8) is 0 Å². The second-order valence-electron chi connectivity index (χ2n) is 6.27. The summed E-state index contributed by atoms with van der Waals surface area (Å²) in [5.41, 5.74) is 2.80. The lowest BCUT2D eigenvalue weighted by atomic mass is 9.85. The van der Waals surface area contributed by atoms with Gasteiger partial charge in [0.05, 0.1) is 0 Å². The Morgan fingerprint density at radius 1 is 1.20 bits per heavy atom. The molecule has 0 bridgehead atoms. The summed E-state index contributed by atoms with van der Waals surface area (Å²) >= 11 is 0. The van der Waals surface area contributed by atoms with Gasteiger partial charge in [0.15, 0.2) is 0 Å². The van der Waals surface area contributed by atoms with Crippen LogP contribution in [-0.4, -0.2) is 26.3 Å². The van der Waals surface area contributed by atoms with Gasteiger partial charge in [-0.1, -0.05) is 50.6 Å². The molecule has 0 aliphatic heterocycles. The van der Waals surface area contributed by atoms with Crippen LogP contribution in [0.15, 0.2) is 24.3 Å². The number of hydrogen-bond acceptors (Lipinski definition) is 2. The summed E-state index contributed by atoms with van der Waals surface area (Å²) in [6.45, 7) is 10.9. The summed E-state index contributed by atoms with van der Waals surface area (Å²) in [7, 11) is 1.79. The molecule has 2 atom stereocenters. The molecule has 1 N–H and O–H groups in total. The van der Waals surface area contributed by atoms with Gasteiger partial charge in [-0.05, 0) is 43.7 Å². The van der Waals surface area contributed by atoms with Crippen LogP contribution in [0.1, 0.15) is 38.3 Å². The van der Waals surface area contributed by atoms with Crippen LogP contribution in [0.4, 0.5) is 0 Å². The van der Waals surface area contributed by atoms with Crippen molar-refractivity contribution in [2.45, 2.75) is 46.6 Å². The molecule has 2 nitrogen and oxygen atoms in total. The molecular formula is C18H31NO. The molecule has 2 unspecified atom stereocenters. The molecule has 0 saturated heterocycles. The predicted molar refractivity (Wildman–Crippen MR) is 87.2 cm³/mol. The molecular weight excluding hydrogens is 246 g/mol. The van der Waals surface area contributed by atoms with E-state index in [1.807, 2.05) is 0 Å². The molecule has 1 aromatic rings. The first-order valence-electron chi connectivity index (χ1n) is 7.80. The van der Waals surface area contributed by atoms with Gasteiger partial charge < -0.3 is 10.1 Å². The second kappa shape index (κ2) is 9.15. The smallest absolute Gasteiger partial charge is 0.0464 e. The zero-order valence-electron chi connectivity index (χ0n) is 13.8. The second-order valence-corrected chi connectivity index (χ2v) is 6.27. The topological polar surface area (TPSA) is 21.3 Å². The van der Waals surface area contributed by atoms with Crippen molar-refractivity contribution in [3.8, 4) is 0 Å². The Kier molecular flexibility index (Phi) is 7.86. The number of rotatable bonds is 9. The van der Waals surface area contributed by atoms with E-state index in [9.17, 15) is 0 Å². The number of aryl methyl sites for hydroxylation is 1. The van der Waals surface area contributed by atoms with E-state index in [0.717, 1.165) is 26.0 Å². The van der Waals surface area contributed by atoms with Gasteiger partial charge in [0.2, 0.25) is 0 Å². The minimum atomic E-state index is 0.546. The van der Waals surface area contributed by atoms with Crippen LogP contribution in [0, 0.1) is 18.8 Å². The predicted octanol–water partition coefficient (Wildman–Crippen LogP) is 3.82. The van der Waals surface area contributed by atoms with E-state index in [1.54, 1.807) is 7.11 Å². The summed E-state index contributed by atoms with van der Waals surface area (Å²) in [4.78, 5) is 0. The Morgan fingerprint density at radius 3 is 2.55 bits per heavy atom. The SMILES string of the molecule is COCCC(C)C(CNC(C)C)Cc1cccc(C)c1. The number of ether oxygens (including phenoxy) is 1. The highest BCUT2D eigenvalue weighted by Gasteiger charge is 2.18. The minimum absolute atomic E-state index is 0.546. The van der Waals surface area contributed by atoms with Crippen molar-refractivity contribution in [1.82, 2.24) is 5.32 Å². The quantitative estimate of drug-likeness (QED) is 0.741. The highest BCUT2D eigenvalue weighted by molar-refractivity contribution is 5.22. The van der Waals surface area contributed by atoms with E-state index in [4.69, 9.17) is 4.74 Å². The number of hydrogen-bond donors (Lipinski definition) is 1. The van der Waals surface area contributed by atoms with Gasteiger partial charge in [-0.25, -0.2) is 0 Å².